The van der Waals surface area contributed by atoms with Crippen molar-refractivity contribution in [2.75, 3.05) is 5.90 Å². The number of aryl methyl sites for hydroxylation is 2. The normalized spacial score (nSPS) is 11.0. The summed E-state index contributed by atoms with van der Waals surface area (Å²) in [6, 6.07) is 48.7. The zero-order valence-corrected chi connectivity index (χ0v) is 28.2. The molecule has 4 aromatic rings. The molecular formula is C35H36IrN4P2. The second kappa shape index (κ2) is 14.1. The van der Waals surface area contributed by atoms with Crippen LogP contribution in [-0.2, 0) is 34.2 Å². The second-order valence-electron chi connectivity index (χ2n) is 10.3. The topological polar surface area (TPSA) is 19.7 Å². The molecule has 0 saturated carbocycles. The smallest absolute Gasteiger partial charge is 0.174 e. The molecule has 0 unspecified atom stereocenters. The van der Waals surface area contributed by atoms with Gasteiger partial charge in [-0.2, -0.15) is 0 Å². The molecule has 0 aromatic heterocycles. The van der Waals surface area contributed by atoms with Gasteiger partial charge in [-0.3, -0.25) is 0 Å². The average molecular weight is 767 g/mol. The molecule has 0 spiro atoms. The van der Waals surface area contributed by atoms with E-state index in [1.54, 1.807) is 0 Å². The zero-order chi connectivity index (χ0) is 28.0. The molecule has 0 amide bonds. The molecule has 7 heteroatoms. The van der Waals surface area contributed by atoms with E-state index in [-0.39, 0.29) is 20.1 Å². The standard InChI is InChI=1S/C25H22P2.C10H12N4.Ir/c1-5-13-22(14-6-1)26(23-15-7-2-8-16-23)21-27(24-17-9-3-10-18-24)25-19-11-4-12-20-25;1-11-5-9-3-4-10-6-12(2)8-14(10)13(9)7-11;/h1-20H,21H2;3-8H,1-2H3;/q;-2;/p+2. The molecule has 0 N–H and O–H groups in total. The third-order valence-electron chi connectivity index (χ3n) is 7.28. The van der Waals surface area contributed by atoms with E-state index in [1.807, 2.05) is 14.1 Å². The Morgan fingerprint density at radius 2 is 0.738 bits per heavy atom. The Kier molecular flexibility index (Phi) is 10.1. The molecule has 1 radical (unpaired) electrons. The molecule has 0 aliphatic carbocycles. The first-order chi connectivity index (χ1) is 20.2. The minimum Gasteiger partial charge on any atom is -0.454 e. The van der Waals surface area contributed by atoms with Crippen molar-refractivity contribution in [3.05, 3.63) is 159 Å². The van der Waals surface area contributed by atoms with Crippen molar-refractivity contribution in [1.29, 1.82) is 0 Å². The van der Waals surface area contributed by atoms with Crippen LogP contribution in [0.1, 0.15) is 0 Å². The fourth-order valence-electron chi connectivity index (χ4n) is 5.33. The first-order valence-electron chi connectivity index (χ1n) is 13.9. The molecule has 4 nitrogen and oxygen atoms in total. The van der Waals surface area contributed by atoms with Crippen LogP contribution in [0.2, 0.25) is 0 Å². The Morgan fingerprint density at radius 3 is 1.02 bits per heavy atom. The first kappa shape index (κ1) is 30.0. The van der Waals surface area contributed by atoms with Crippen LogP contribution in [0, 0.1) is 0 Å². The maximum Gasteiger partial charge on any atom is 0.174 e. The molecule has 0 fully saturated rings. The van der Waals surface area contributed by atoms with Gasteiger partial charge in [-0.05, 0) is 75.3 Å². The summed E-state index contributed by atoms with van der Waals surface area (Å²) in [5, 5.41) is 6.01. The van der Waals surface area contributed by atoms with Gasteiger partial charge < -0.3 is 18.5 Å². The Bertz CT molecular complexity index is 1530. The van der Waals surface area contributed by atoms with Gasteiger partial charge in [0.15, 0.2) is 5.90 Å². The third-order valence-corrected chi connectivity index (χ3v) is 14.2. The summed E-state index contributed by atoms with van der Waals surface area (Å²) in [5.41, 5.74) is 2.38. The second-order valence-corrected chi connectivity index (χ2v) is 15.9. The zero-order valence-electron chi connectivity index (χ0n) is 23.8. The van der Waals surface area contributed by atoms with Crippen LogP contribution < -0.4 is 21.2 Å². The van der Waals surface area contributed by atoms with Gasteiger partial charge in [0.05, 0.1) is 0 Å². The van der Waals surface area contributed by atoms with Gasteiger partial charge in [0.25, 0.3) is 0 Å². The van der Waals surface area contributed by atoms with Crippen molar-refractivity contribution in [3.63, 3.8) is 0 Å². The van der Waals surface area contributed by atoms with Crippen molar-refractivity contribution < 1.29 is 20.1 Å². The van der Waals surface area contributed by atoms with E-state index in [0.717, 1.165) is 0 Å². The molecule has 3 aliphatic rings. The third kappa shape index (κ3) is 6.95. The fourth-order valence-corrected chi connectivity index (χ4v) is 13.1. The SMILES string of the molecule is Cn1cc2ccc3cn(C)[cH-]n-3n-2[cH-]1.[Ir].c1ccc([PH+](C[PH+](c2ccccc2)c2ccccc2)c2ccccc2)cc1. The van der Waals surface area contributed by atoms with Crippen molar-refractivity contribution in [2.45, 2.75) is 0 Å². The van der Waals surface area contributed by atoms with Crippen LogP contribution in [0.15, 0.2) is 159 Å². The van der Waals surface area contributed by atoms with Crippen LogP contribution in [0.25, 0.3) is 11.4 Å². The van der Waals surface area contributed by atoms with Gasteiger partial charge in [0.2, 0.25) is 0 Å². The Morgan fingerprint density at radius 1 is 0.452 bits per heavy atom. The van der Waals surface area contributed by atoms with Gasteiger partial charge in [0.1, 0.15) is 37.1 Å². The predicted octanol–water partition coefficient (Wildman–Crippen LogP) is 6.05. The summed E-state index contributed by atoms with van der Waals surface area (Å²) < 4.78 is 8.34. The molecular weight excluding hydrogens is 731 g/mol. The van der Waals surface area contributed by atoms with Crippen molar-refractivity contribution in [1.82, 2.24) is 18.5 Å². The summed E-state index contributed by atoms with van der Waals surface area (Å²) in [6.07, 6.45) is 8.31. The van der Waals surface area contributed by atoms with Crippen molar-refractivity contribution in [3.8, 4) is 11.4 Å². The quantitative estimate of drug-likeness (QED) is 0.145. The number of imidazole rings is 2. The molecule has 0 atom stereocenters. The van der Waals surface area contributed by atoms with Crippen molar-refractivity contribution in [2.24, 2.45) is 14.1 Å². The van der Waals surface area contributed by atoms with Crippen LogP contribution in [0.4, 0.5) is 0 Å². The number of fused-ring (bicyclic) bond motifs is 3. The number of nitrogens with zero attached hydrogens (tertiary/aromatic N) is 4. The van der Waals surface area contributed by atoms with Gasteiger partial charge in [0, 0.05) is 20.1 Å². The Balaban J connectivity index is 0.000000197. The van der Waals surface area contributed by atoms with E-state index in [4.69, 9.17) is 0 Å². The molecule has 3 aliphatic heterocycles. The van der Waals surface area contributed by atoms with E-state index in [0.29, 0.717) is 0 Å². The monoisotopic (exact) mass is 767 g/mol. The molecule has 0 saturated heterocycles. The molecule has 4 aromatic carbocycles. The molecule has 42 heavy (non-hydrogen) atoms. The predicted molar refractivity (Wildman–Crippen MR) is 180 cm³/mol. The van der Waals surface area contributed by atoms with Crippen LogP contribution in [0.3, 0.4) is 0 Å². The van der Waals surface area contributed by atoms with Crippen LogP contribution in [0.5, 0.6) is 0 Å². The minimum atomic E-state index is -0.847. The summed E-state index contributed by atoms with van der Waals surface area (Å²) >= 11 is 0. The summed E-state index contributed by atoms with van der Waals surface area (Å²) in [4.78, 5) is 0. The Hall–Kier alpha value is -3.45. The number of benzene rings is 4. The number of hydrogen-bond donors (Lipinski definition) is 0. The van der Waals surface area contributed by atoms with E-state index >= 15 is 0 Å². The van der Waals surface area contributed by atoms with E-state index in [9.17, 15) is 0 Å². The van der Waals surface area contributed by atoms with E-state index < -0.39 is 15.8 Å². The van der Waals surface area contributed by atoms with Gasteiger partial charge in [-0.1, -0.05) is 84.2 Å². The van der Waals surface area contributed by atoms with E-state index in [2.05, 4.69) is 177 Å². The summed E-state index contributed by atoms with van der Waals surface area (Å²) in [6.45, 7) is 0. The number of hydrogen-bond acceptors (Lipinski definition) is 0. The average Bonchev–Trinajstić information content (AvgIpc) is 3.61. The van der Waals surface area contributed by atoms with Gasteiger partial charge >= 0.3 is 0 Å². The van der Waals surface area contributed by atoms with Gasteiger partial charge in [-0.15, -0.1) is 24.5 Å². The fraction of sp³-hybridized carbons (Fsp3) is 0.0857. The maximum absolute atomic E-state index is 2.32. The first-order valence-corrected chi connectivity index (χ1v) is 17.3. The van der Waals surface area contributed by atoms with E-state index in [1.165, 1.54) is 38.5 Å². The van der Waals surface area contributed by atoms with Crippen LogP contribution >= 0.6 is 15.8 Å². The minimum absolute atomic E-state index is 0. The largest absolute Gasteiger partial charge is 0.454 e. The summed E-state index contributed by atoms with van der Waals surface area (Å²) in [7, 11) is 2.37. The molecule has 0 bridgehead atoms. The number of aromatic nitrogens is 4. The van der Waals surface area contributed by atoms with Crippen molar-refractivity contribution >= 4 is 37.1 Å². The maximum atomic E-state index is 2.32. The molecule has 3 heterocycles. The molecule has 215 valence electrons. The van der Waals surface area contributed by atoms with Crippen LogP contribution in [-0.4, -0.2) is 24.4 Å². The van der Waals surface area contributed by atoms with Gasteiger partial charge in [-0.25, -0.2) is 0 Å². The Labute approximate surface area is 264 Å². The molecule has 7 rings (SSSR count). The summed E-state index contributed by atoms with van der Waals surface area (Å²) in [5.74, 6) is 1.25. The number of rotatable bonds is 6.